The fourth-order valence-electron chi connectivity index (χ4n) is 1.75. The van der Waals surface area contributed by atoms with Crippen LogP contribution in [0.25, 0.3) is 11.0 Å². The van der Waals surface area contributed by atoms with Crippen molar-refractivity contribution in [2.75, 3.05) is 0 Å². The van der Waals surface area contributed by atoms with Crippen LogP contribution >= 0.6 is 0 Å². The van der Waals surface area contributed by atoms with E-state index < -0.39 is 12.1 Å². The second kappa shape index (κ2) is 3.94. The molecule has 0 fully saturated rings. The highest BCUT2D eigenvalue weighted by atomic mass is 16.4. The van der Waals surface area contributed by atoms with E-state index in [2.05, 4.69) is 4.98 Å². The number of hydrogen-bond acceptors (Lipinski definition) is 3. The lowest BCUT2D eigenvalue weighted by Crippen LogP contribution is -2.21. The number of carboxylic acids is 1. The summed E-state index contributed by atoms with van der Waals surface area (Å²) >= 11 is 0. The van der Waals surface area contributed by atoms with Gasteiger partial charge in [0, 0.05) is 31.2 Å². The fourth-order valence-corrected chi connectivity index (χ4v) is 1.75. The molecule has 2 rings (SSSR count). The Labute approximate surface area is 92.0 Å². The summed E-state index contributed by atoms with van der Waals surface area (Å²) < 4.78 is 1.82. The van der Waals surface area contributed by atoms with E-state index in [4.69, 9.17) is 5.11 Å². The van der Waals surface area contributed by atoms with Crippen LogP contribution in [0, 0.1) is 0 Å². The van der Waals surface area contributed by atoms with Gasteiger partial charge in [-0.1, -0.05) is 0 Å². The van der Waals surface area contributed by atoms with Crippen molar-refractivity contribution in [3.63, 3.8) is 0 Å². The van der Waals surface area contributed by atoms with Crippen LogP contribution in [0.3, 0.4) is 0 Å². The molecule has 5 nitrogen and oxygen atoms in total. The van der Waals surface area contributed by atoms with Gasteiger partial charge in [0.15, 0.2) is 6.10 Å². The van der Waals surface area contributed by atoms with Crippen molar-refractivity contribution in [2.45, 2.75) is 12.5 Å². The van der Waals surface area contributed by atoms with Crippen molar-refractivity contribution in [3.8, 4) is 0 Å². The molecule has 16 heavy (non-hydrogen) atoms. The number of carboxylic acid groups (broad SMARTS) is 1. The zero-order valence-corrected chi connectivity index (χ0v) is 8.79. The summed E-state index contributed by atoms with van der Waals surface area (Å²) in [5, 5.41) is 18.8. The maximum atomic E-state index is 10.6. The molecule has 2 heterocycles. The summed E-state index contributed by atoms with van der Waals surface area (Å²) in [5.74, 6) is -1.21. The molecule has 0 saturated heterocycles. The Morgan fingerprint density at radius 1 is 1.62 bits per heavy atom. The standard InChI is InChI=1S/C11H12N2O3/c1-13-6-7(5-9(14)11(15)16)8-3-2-4-12-10(8)13/h2-4,6,9,14H,5H2,1H3,(H,15,16)/t9-/m0/s1. The van der Waals surface area contributed by atoms with Crippen LogP contribution in [0.15, 0.2) is 24.5 Å². The van der Waals surface area contributed by atoms with Gasteiger partial charge in [-0.25, -0.2) is 9.78 Å². The zero-order chi connectivity index (χ0) is 11.7. The highest BCUT2D eigenvalue weighted by Gasteiger charge is 2.17. The Bertz CT molecular complexity index is 533. The zero-order valence-electron chi connectivity index (χ0n) is 8.79. The Kier molecular flexibility index (Phi) is 2.62. The molecule has 2 aromatic heterocycles. The van der Waals surface area contributed by atoms with E-state index in [1.807, 2.05) is 17.7 Å². The van der Waals surface area contributed by atoms with E-state index in [9.17, 15) is 9.90 Å². The van der Waals surface area contributed by atoms with E-state index in [0.29, 0.717) is 0 Å². The topological polar surface area (TPSA) is 75.4 Å². The van der Waals surface area contributed by atoms with E-state index in [1.54, 1.807) is 18.5 Å². The molecule has 0 spiro atoms. The molecule has 0 aliphatic rings. The van der Waals surface area contributed by atoms with Gasteiger partial charge in [-0.05, 0) is 17.7 Å². The Balaban J connectivity index is 2.42. The molecule has 0 radical (unpaired) electrons. The molecule has 2 aromatic rings. The second-order valence-corrected chi connectivity index (χ2v) is 3.70. The number of aliphatic hydroxyl groups excluding tert-OH is 1. The van der Waals surface area contributed by atoms with Crippen LogP contribution < -0.4 is 0 Å². The van der Waals surface area contributed by atoms with Gasteiger partial charge in [-0.3, -0.25) is 0 Å². The van der Waals surface area contributed by atoms with E-state index in [1.165, 1.54) is 0 Å². The second-order valence-electron chi connectivity index (χ2n) is 3.70. The normalized spacial score (nSPS) is 12.9. The number of carbonyl (C=O) groups is 1. The van der Waals surface area contributed by atoms with Gasteiger partial charge in [0.25, 0.3) is 0 Å². The number of pyridine rings is 1. The van der Waals surface area contributed by atoms with Crippen LogP contribution in [-0.4, -0.2) is 31.8 Å². The van der Waals surface area contributed by atoms with E-state index >= 15 is 0 Å². The Morgan fingerprint density at radius 2 is 2.38 bits per heavy atom. The predicted molar refractivity (Wildman–Crippen MR) is 58.1 cm³/mol. The lowest BCUT2D eigenvalue weighted by molar-refractivity contribution is -0.146. The fraction of sp³-hybridized carbons (Fsp3) is 0.273. The van der Waals surface area contributed by atoms with E-state index in [-0.39, 0.29) is 6.42 Å². The maximum Gasteiger partial charge on any atom is 0.332 e. The lowest BCUT2D eigenvalue weighted by atomic mass is 10.1. The van der Waals surface area contributed by atoms with Crippen molar-refractivity contribution in [3.05, 3.63) is 30.1 Å². The summed E-state index contributed by atoms with van der Waals surface area (Å²) in [6.45, 7) is 0. The molecule has 0 aliphatic carbocycles. The van der Waals surface area contributed by atoms with Crippen LogP contribution in [0.5, 0.6) is 0 Å². The summed E-state index contributed by atoms with van der Waals surface area (Å²) in [6, 6.07) is 3.66. The minimum atomic E-state index is -1.37. The number of aliphatic hydroxyl groups is 1. The third-order valence-corrected chi connectivity index (χ3v) is 2.51. The van der Waals surface area contributed by atoms with Crippen LogP contribution in [0.2, 0.25) is 0 Å². The van der Waals surface area contributed by atoms with Crippen molar-refractivity contribution in [1.29, 1.82) is 0 Å². The predicted octanol–water partition coefficient (Wildman–Crippen LogP) is 0.561. The number of aromatic nitrogens is 2. The van der Waals surface area contributed by atoms with Crippen molar-refractivity contribution in [1.82, 2.24) is 9.55 Å². The maximum absolute atomic E-state index is 10.6. The third kappa shape index (κ3) is 1.77. The monoisotopic (exact) mass is 220 g/mol. The molecule has 0 unspecified atom stereocenters. The molecule has 0 aromatic carbocycles. The first-order valence-electron chi connectivity index (χ1n) is 4.89. The van der Waals surface area contributed by atoms with Gasteiger partial charge in [0.2, 0.25) is 0 Å². The molecule has 5 heteroatoms. The van der Waals surface area contributed by atoms with Crippen molar-refractivity contribution < 1.29 is 15.0 Å². The minimum absolute atomic E-state index is 0.0956. The van der Waals surface area contributed by atoms with Crippen molar-refractivity contribution >= 4 is 17.0 Å². The molecular formula is C11H12N2O3. The number of aliphatic carboxylic acids is 1. The van der Waals surface area contributed by atoms with Crippen molar-refractivity contribution in [2.24, 2.45) is 7.05 Å². The Morgan fingerprint density at radius 3 is 3.06 bits per heavy atom. The highest BCUT2D eigenvalue weighted by molar-refractivity contribution is 5.81. The van der Waals surface area contributed by atoms with Gasteiger partial charge in [0.1, 0.15) is 5.65 Å². The van der Waals surface area contributed by atoms with Gasteiger partial charge < -0.3 is 14.8 Å². The molecule has 0 bridgehead atoms. The van der Waals surface area contributed by atoms with Gasteiger partial charge >= 0.3 is 5.97 Å². The molecule has 84 valence electrons. The number of hydrogen-bond donors (Lipinski definition) is 2. The molecule has 0 saturated carbocycles. The third-order valence-electron chi connectivity index (χ3n) is 2.51. The first-order chi connectivity index (χ1) is 7.59. The molecule has 1 atom stereocenters. The first kappa shape index (κ1) is 10.6. The first-order valence-corrected chi connectivity index (χ1v) is 4.89. The average molecular weight is 220 g/mol. The SMILES string of the molecule is Cn1cc(C[C@H](O)C(=O)O)c2cccnc21. The van der Waals surface area contributed by atoms with Gasteiger partial charge in [-0.15, -0.1) is 0 Å². The molecule has 0 amide bonds. The molecule has 0 aliphatic heterocycles. The molecule has 2 N–H and O–H groups in total. The smallest absolute Gasteiger partial charge is 0.332 e. The lowest BCUT2D eigenvalue weighted by Gasteiger charge is -2.03. The number of aryl methyl sites for hydroxylation is 1. The van der Waals surface area contributed by atoms with E-state index in [0.717, 1.165) is 16.6 Å². The van der Waals surface area contributed by atoms with Gasteiger partial charge in [0.05, 0.1) is 0 Å². The van der Waals surface area contributed by atoms with Crippen LogP contribution in [0.4, 0.5) is 0 Å². The number of nitrogens with zero attached hydrogens (tertiary/aromatic N) is 2. The average Bonchev–Trinajstić information content (AvgIpc) is 2.57. The summed E-state index contributed by atoms with van der Waals surface area (Å²) in [7, 11) is 1.84. The molecular weight excluding hydrogens is 208 g/mol. The summed E-state index contributed by atoms with van der Waals surface area (Å²) in [4.78, 5) is 14.8. The quantitative estimate of drug-likeness (QED) is 0.792. The highest BCUT2D eigenvalue weighted by Crippen LogP contribution is 2.19. The number of rotatable bonds is 3. The largest absolute Gasteiger partial charge is 0.479 e. The summed E-state index contributed by atoms with van der Waals surface area (Å²) in [6.07, 6.45) is 2.20. The number of fused-ring (bicyclic) bond motifs is 1. The van der Waals surface area contributed by atoms with Gasteiger partial charge in [-0.2, -0.15) is 0 Å². The minimum Gasteiger partial charge on any atom is -0.479 e. The summed E-state index contributed by atoms with van der Waals surface area (Å²) in [5.41, 5.74) is 1.58. The Hall–Kier alpha value is -1.88. The van der Waals surface area contributed by atoms with Crippen LogP contribution in [-0.2, 0) is 18.3 Å². The van der Waals surface area contributed by atoms with Crippen LogP contribution in [0.1, 0.15) is 5.56 Å².